The number of nitrogens with one attached hydrogen (secondary N) is 1. The molecule has 1 saturated carbocycles. The summed E-state index contributed by atoms with van der Waals surface area (Å²) in [4.78, 5) is 4.31. The topological polar surface area (TPSA) is 63.0 Å². The van der Waals surface area contributed by atoms with Crippen LogP contribution in [0.15, 0.2) is 0 Å². The summed E-state index contributed by atoms with van der Waals surface area (Å²) in [5, 5.41) is 17.6. The first-order valence-electron chi connectivity index (χ1n) is 6.35. The highest BCUT2D eigenvalue weighted by Gasteiger charge is 2.45. The average molecular weight is 238 g/mol. The molecule has 1 unspecified atom stereocenters. The van der Waals surface area contributed by atoms with Gasteiger partial charge in [-0.25, -0.2) is 9.67 Å². The minimum absolute atomic E-state index is 0.157. The molecule has 1 aliphatic carbocycles. The lowest BCUT2D eigenvalue weighted by molar-refractivity contribution is 0.119. The lowest BCUT2D eigenvalue weighted by Crippen LogP contribution is -2.54. The van der Waals surface area contributed by atoms with Gasteiger partial charge in [0, 0.05) is 0 Å². The summed E-state index contributed by atoms with van der Waals surface area (Å²) >= 11 is 0. The van der Waals surface area contributed by atoms with Gasteiger partial charge in [-0.1, -0.05) is 6.92 Å². The van der Waals surface area contributed by atoms with E-state index < -0.39 is 0 Å². The highest BCUT2D eigenvalue weighted by atomic mass is 16.3. The standard InChI is InChI=1S/C12H22N4O/c1-4-13-12(8-17,11-5-6-11)7-16-10(3)14-9(2)15-16/h11,13,17H,4-8H2,1-3H3. The van der Waals surface area contributed by atoms with E-state index in [9.17, 15) is 5.11 Å². The van der Waals surface area contributed by atoms with Gasteiger partial charge in [0.25, 0.3) is 0 Å². The fourth-order valence-corrected chi connectivity index (χ4v) is 2.53. The van der Waals surface area contributed by atoms with Gasteiger partial charge in [0.15, 0.2) is 0 Å². The van der Waals surface area contributed by atoms with Gasteiger partial charge in [-0.2, -0.15) is 5.10 Å². The molecule has 1 aromatic rings. The second-order valence-corrected chi connectivity index (χ2v) is 4.98. The number of likely N-dealkylation sites (N-methyl/N-ethyl adjacent to an activating group) is 1. The van der Waals surface area contributed by atoms with Crippen molar-refractivity contribution in [1.29, 1.82) is 0 Å². The molecule has 0 aromatic carbocycles. The highest BCUT2D eigenvalue weighted by Crippen LogP contribution is 2.40. The Bertz CT molecular complexity index is 386. The molecule has 0 spiro atoms. The van der Waals surface area contributed by atoms with Gasteiger partial charge in [-0.15, -0.1) is 0 Å². The minimum atomic E-state index is -0.223. The van der Waals surface area contributed by atoms with Crippen molar-refractivity contribution >= 4 is 0 Å². The van der Waals surface area contributed by atoms with Crippen molar-refractivity contribution in [3.8, 4) is 0 Å². The molecule has 17 heavy (non-hydrogen) atoms. The van der Waals surface area contributed by atoms with Crippen molar-refractivity contribution in [1.82, 2.24) is 20.1 Å². The summed E-state index contributed by atoms with van der Waals surface area (Å²) in [6.07, 6.45) is 2.39. The number of hydrogen-bond acceptors (Lipinski definition) is 4. The summed E-state index contributed by atoms with van der Waals surface area (Å²) in [6.45, 7) is 7.66. The fraction of sp³-hybridized carbons (Fsp3) is 0.833. The van der Waals surface area contributed by atoms with Crippen molar-refractivity contribution < 1.29 is 5.11 Å². The Kier molecular flexibility index (Phi) is 3.49. The van der Waals surface area contributed by atoms with Crippen LogP contribution in [-0.4, -0.2) is 38.6 Å². The number of aliphatic hydroxyl groups excluding tert-OH is 1. The number of aromatic nitrogens is 3. The first-order valence-corrected chi connectivity index (χ1v) is 6.35. The largest absolute Gasteiger partial charge is 0.394 e. The maximum Gasteiger partial charge on any atom is 0.147 e. The van der Waals surface area contributed by atoms with E-state index >= 15 is 0 Å². The second-order valence-electron chi connectivity index (χ2n) is 4.98. The van der Waals surface area contributed by atoms with Crippen LogP contribution in [0.4, 0.5) is 0 Å². The van der Waals surface area contributed by atoms with Gasteiger partial charge in [0.1, 0.15) is 11.6 Å². The molecule has 1 aliphatic rings. The van der Waals surface area contributed by atoms with Crippen molar-refractivity contribution in [2.24, 2.45) is 5.92 Å². The molecule has 1 aromatic heterocycles. The monoisotopic (exact) mass is 238 g/mol. The Hall–Kier alpha value is -0.940. The van der Waals surface area contributed by atoms with E-state index in [4.69, 9.17) is 0 Å². The van der Waals surface area contributed by atoms with Crippen molar-refractivity contribution in [2.45, 2.75) is 45.7 Å². The van der Waals surface area contributed by atoms with E-state index in [-0.39, 0.29) is 12.1 Å². The summed E-state index contributed by atoms with van der Waals surface area (Å²) in [7, 11) is 0. The number of aryl methyl sites for hydroxylation is 2. The van der Waals surface area contributed by atoms with Gasteiger partial charge in [0.05, 0.1) is 18.7 Å². The van der Waals surface area contributed by atoms with Crippen molar-refractivity contribution in [3.05, 3.63) is 11.6 Å². The van der Waals surface area contributed by atoms with E-state index in [1.165, 1.54) is 12.8 Å². The van der Waals surface area contributed by atoms with Crippen LogP contribution in [0.5, 0.6) is 0 Å². The molecule has 0 bridgehead atoms. The van der Waals surface area contributed by atoms with E-state index in [0.717, 1.165) is 18.2 Å². The Balaban J connectivity index is 2.19. The predicted molar refractivity (Wildman–Crippen MR) is 65.7 cm³/mol. The molecule has 1 heterocycles. The predicted octanol–water partition coefficient (Wildman–Crippen LogP) is 0.646. The van der Waals surface area contributed by atoms with Crippen LogP contribution in [0.2, 0.25) is 0 Å². The van der Waals surface area contributed by atoms with Crippen LogP contribution in [0.3, 0.4) is 0 Å². The van der Waals surface area contributed by atoms with Gasteiger partial charge in [-0.05, 0) is 39.2 Å². The summed E-state index contributed by atoms with van der Waals surface area (Å²) in [5.74, 6) is 2.27. The Morgan fingerprint density at radius 3 is 2.59 bits per heavy atom. The molecule has 0 amide bonds. The average Bonchev–Trinajstić information content (AvgIpc) is 3.07. The Morgan fingerprint density at radius 1 is 1.47 bits per heavy atom. The SMILES string of the molecule is CCNC(CO)(Cn1nc(C)nc1C)C1CC1. The summed E-state index contributed by atoms with van der Waals surface area (Å²) < 4.78 is 1.91. The van der Waals surface area contributed by atoms with Crippen molar-refractivity contribution in [3.63, 3.8) is 0 Å². The molecule has 2 N–H and O–H groups in total. The maximum atomic E-state index is 9.75. The number of hydrogen-bond donors (Lipinski definition) is 2. The van der Waals surface area contributed by atoms with Crippen LogP contribution in [0.25, 0.3) is 0 Å². The van der Waals surface area contributed by atoms with E-state index in [1.54, 1.807) is 0 Å². The first-order chi connectivity index (χ1) is 8.11. The zero-order chi connectivity index (χ0) is 12.5. The van der Waals surface area contributed by atoms with Gasteiger partial charge >= 0.3 is 0 Å². The quantitative estimate of drug-likeness (QED) is 0.763. The third-order valence-electron chi connectivity index (χ3n) is 3.56. The van der Waals surface area contributed by atoms with Crippen LogP contribution in [-0.2, 0) is 6.54 Å². The van der Waals surface area contributed by atoms with Gasteiger partial charge in [-0.3, -0.25) is 0 Å². The Morgan fingerprint density at radius 2 is 2.18 bits per heavy atom. The highest BCUT2D eigenvalue weighted by molar-refractivity contribution is 5.02. The van der Waals surface area contributed by atoms with Crippen LogP contribution >= 0.6 is 0 Å². The maximum absolute atomic E-state index is 9.75. The smallest absolute Gasteiger partial charge is 0.147 e. The lowest BCUT2D eigenvalue weighted by Gasteiger charge is -2.33. The minimum Gasteiger partial charge on any atom is -0.394 e. The third-order valence-corrected chi connectivity index (χ3v) is 3.56. The third kappa shape index (κ3) is 2.50. The molecule has 96 valence electrons. The van der Waals surface area contributed by atoms with Crippen molar-refractivity contribution in [2.75, 3.05) is 13.2 Å². The molecule has 5 nitrogen and oxygen atoms in total. The van der Waals surface area contributed by atoms with E-state index in [2.05, 4.69) is 22.3 Å². The van der Waals surface area contributed by atoms with Gasteiger partial charge in [0.2, 0.25) is 0 Å². The number of rotatable bonds is 6. The molecule has 2 rings (SSSR count). The van der Waals surface area contributed by atoms with Crippen LogP contribution < -0.4 is 5.32 Å². The second kappa shape index (κ2) is 4.74. The zero-order valence-electron chi connectivity index (χ0n) is 10.9. The number of aliphatic hydroxyl groups is 1. The number of nitrogens with zero attached hydrogens (tertiary/aromatic N) is 3. The zero-order valence-corrected chi connectivity index (χ0v) is 10.9. The molecule has 1 fully saturated rings. The molecule has 1 atom stereocenters. The normalized spacial score (nSPS) is 19.3. The van der Waals surface area contributed by atoms with Crippen LogP contribution in [0, 0.1) is 19.8 Å². The fourth-order valence-electron chi connectivity index (χ4n) is 2.53. The summed E-state index contributed by atoms with van der Waals surface area (Å²) in [5.41, 5.74) is -0.223. The molecule has 5 heteroatoms. The lowest BCUT2D eigenvalue weighted by atomic mass is 9.94. The molecular formula is C12H22N4O. The molecule has 0 saturated heterocycles. The Labute approximate surface area is 102 Å². The molecular weight excluding hydrogens is 216 g/mol. The van der Waals surface area contributed by atoms with Crippen LogP contribution in [0.1, 0.15) is 31.4 Å². The first kappa shape index (κ1) is 12.5. The van der Waals surface area contributed by atoms with E-state index in [0.29, 0.717) is 12.5 Å². The van der Waals surface area contributed by atoms with Gasteiger partial charge < -0.3 is 10.4 Å². The van der Waals surface area contributed by atoms with E-state index in [1.807, 2.05) is 18.5 Å². The molecule has 0 radical (unpaired) electrons. The summed E-state index contributed by atoms with van der Waals surface area (Å²) in [6, 6.07) is 0. The molecule has 0 aliphatic heterocycles.